The summed E-state index contributed by atoms with van der Waals surface area (Å²) in [4.78, 5) is 35.9. The van der Waals surface area contributed by atoms with Gasteiger partial charge in [0, 0.05) is 5.56 Å². The van der Waals surface area contributed by atoms with Crippen molar-refractivity contribution in [3.05, 3.63) is 70.8 Å². The van der Waals surface area contributed by atoms with E-state index in [1.54, 1.807) is 18.2 Å². The third-order valence-electron chi connectivity index (χ3n) is 4.26. The molecule has 2 aromatic rings. The summed E-state index contributed by atoms with van der Waals surface area (Å²) in [5.41, 5.74) is 3.56. The SMILES string of the molecule is CC[C@@H](NC(=O)COC(=O)CNC(=O)c1cccc(C)c1)c1ccc(C)cc1. The van der Waals surface area contributed by atoms with Crippen LogP contribution in [-0.2, 0) is 14.3 Å². The van der Waals surface area contributed by atoms with Gasteiger partial charge in [-0.05, 0) is 38.0 Å². The van der Waals surface area contributed by atoms with Crippen LogP contribution in [-0.4, -0.2) is 30.9 Å². The Balaban J connectivity index is 1.76. The number of benzene rings is 2. The highest BCUT2D eigenvalue weighted by atomic mass is 16.5. The molecule has 0 radical (unpaired) electrons. The summed E-state index contributed by atoms with van der Waals surface area (Å²) < 4.78 is 4.95. The lowest BCUT2D eigenvalue weighted by Crippen LogP contribution is -2.35. The van der Waals surface area contributed by atoms with Crippen molar-refractivity contribution in [3.8, 4) is 0 Å². The zero-order valence-corrected chi connectivity index (χ0v) is 16.5. The number of hydrogen-bond acceptors (Lipinski definition) is 4. The van der Waals surface area contributed by atoms with Crippen LogP contribution in [0, 0.1) is 13.8 Å². The van der Waals surface area contributed by atoms with E-state index in [0.717, 1.165) is 23.1 Å². The second-order valence-corrected chi connectivity index (χ2v) is 6.65. The van der Waals surface area contributed by atoms with Crippen LogP contribution in [0.2, 0.25) is 0 Å². The van der Waals surface area contributed by atoms with E-state index < -0.39 is 5.97 Å². The molecule has 0 bridgehead atoms. The number of rotatable bonds is 8. The van der Waals surface area contributed by atoms with Gasteiger partial charge in [-0.25, -0.2) is 0 Å². The topological polar surface area (TPSA) is 84.5 Å². The molecule has 0 aliphatic carbocycles. The Morgan fingerprint density at radius 2 is 1.71 bits per heavy atom. The van der Waals surface area contributed by atoms with Gasteiger partial charge in [-0.1, -0.05) is 54.4 Å². The van der Waals surface area contributed by atoms with Gasteiger partial charge in [-0.15, -0.1) is 0 Å². The highest BCUT2D eigenvalue weighted by Gasteiger charge is 2.15. The Kier molecular flexibility index (Phi) is 7.75. The number of aryl methyl sites for hydroxylation is 2. The molecule has 0 saturated carbocycles. The third-order valence-corrected chi connectivity index (χ3v) is 4.26. The maximum atomic E-state index is 12.1. The largest absolute Gasteiger partial charge is 0.454 e. The molecule has 0 unspecified atom stereocenters. The fraction of sp³-hybridized carbons (Fsp3) is 0.318. The Hall–Kier alpha value is -3.15. The van der Waals surface area contributed by atoms with Crippen molar-refractivity contribution in [1.29, 1.82) is 0 Å². The van der Waals surface area contributed by atoms with E-state index in [2.05, 4.69) is 10.6 Å². The standard InChI is InChI=1S/C22H26N2O4/c1-4-19(17-10-8-15(2)9-11-17)24-20(25)14-28-21(26)13-23-22(27)18-7-5-6-16(3)12-18/h5-12,19H,4,13-14H2,1-3H3,(H,23,27)(H,24,25)/t19-/m1/s1. The van der Waals surface area contributed by atoms with Crippen LogP contribution in [0.3, 0.4) is 0 Å². The Morgan fingerprint density at radius 3 is 2.36 bits per heavy atom. The monoisotopic (exact) mass is 382 g/mol. The summed E-state index contributed by atoms with van der Waals surface area (Å²) in [7, 11) is 0. The van der Waals surface area contributed by atoms with Gasteiger partial charge in [0.25, 0.3) is 11.8 Å². The van der Waals surface area contributed by atoms with Crippen LogP contribution in [0.15, 0.2) is 48.5 Å². The summed E-state index contributed by atoms with van der Waals surface area (Å²) in [6, 6.07) is 14.8. The number of hydrogen-bond donors (Lipinski definition) is 2. The van der Waals surface area contributed by atoms with Gasteiger partial charge < -0.3 is 15.4 Å². The van der Waals surface area contributed by atoms with Gasteiger partial charge in [0.05, 0.1) is 6.04 Å². The predicted octanol–water partition coefficient (Wildman–Crippen LogP) is 2.84. The van der Waals surface area contributed by atoms with Crippen LogP contribution < -0.4 is 10.6 Å². The van der Waals surface area contributed by atoms with Crippen LogP contribution >= 0.6 is 0 Å². The van der Waals surface area contributed by atoms with E-state index >= 15 is 0 Å². The summed E-state index contributed by atoms with van der Waals surface area (Å²) in [6.45, 7) is 5.17. The maximum Gasteiger partial charge on any atom is 0.325 e. The van der Waals surface area contributed by atoms with Gasteiger partial charge in [0.2, 0.25) is 0 Å². The fourth-order valence-electron chi connectivity index (χ4n) is 2.69. The molecule has 0 aromatic heterocycles. The molecular weight excluding hydrogens is 356 g/mol. The number of esters is 1. The number of carbonyl (C=O) groups is 3. The minimum atomic E-state index is -0.667. The lowest BCUT2D eigenvalue weighted by atomic mass is 10.0. The zero-order valence-electron chi connectivity index (χ0n) is 16.5. The minimum absolute atomic E-state index is 0.146. The Labute approximate surface area is 165 Å². The van der Waals surface area contributed by atoms with Crippen molar-refractivity contribution >= 4 is 17.8 Å². The van der Waals surface area contributed by atoms with E-state index in [0.29, 0.717) is 5.56 Å². The smallest absolute Gasteiger partial charge is 0.325 e. The molecule has 0 saturated heterocycles. The molecule has 0 heterocycles. The first-order valence-electron chi connectivity index (χ1n) is 9.25. The number of amides is 2. The van der Waals surface area contributed by atoms with Crippen LogP contribution in [0.4, 0.5) is 0 Å². The summed E-state index contributed by atoms with van der Waals surface area (Å²) in [5.74, 6) is -1.42. The molecule has 6 nitrogen and oxygen atoms in total. The summed E-state index contributed by atoms with van der Waals surface area (Å²) >= 11 is 0. The van der Waals surface area contributed by atoms with E-state index in [1.165, 1.54) is 0 Å². The summed E-state index contributed by atoms with van der Waals surface area (Å²) in [6.07, 6.45) is 0.718. The molecule has 0 fully saturated rings. The first-order valence-corrected chi connectivity index (χ1v) is 9.25. The highest BCUT2D eigenvalue weighted by Crippen LogP contribution is 2.16. The fourth-order valence-corrected chi connectivity index (χ4v) is 2.69. The van der Waals surface area contributed by atoms with E-state index in [4.69, 9.17) is 4.74 Å². The van der Waals surface area contributed by atoms with Crippen molar-refractivity contribution in [1.82, 2.24) is 10.6 Å². The van der Waals surface area contributed by atoms with Gasteiger partial charge in [0.1, 0.15) is 6.54 Å². The van der Waals surface area contributed by atoms with Gasteiger partial charge >= 0.3 is 5.97 Å². The molecule has 0 aliphatic rings. The van der Waals surface area contributed by atoms with Crippen molar-refractivity contribution in [2.24, 2.45) is 0 Å². The molecule has 1 atom stereocenters. The van der Waals surface area contributed by atoms with Crippen molar-refractivity contribution in [2.75, 3.05) is 13.2 Å². The molecule has 2 aromatic carbocycles. The molecule has 2 amide bonds. The van der Waals surface area contributed by atoms with Gasteiger partial charge in [-0.2, -0.15) is 0 Å². The lowest BCUT2D eigenvalue weighted by Gasteiger charge is -2.17. The second kappa shape index (κ2) is 10.3. The molecule has 2 rings (SSSR count). The molecule has 148 valence electrons. The normalized spacial score (nSPS) is 11.4. The molecular formula is C22H26N2O4. The number of carbonyl (C=O) groups excluding carboxylic acids is 3. The first-order chi connectivity index (χ1) is 13.4. The number of nitrogens with one attached hydrogen (secondary N) is 2. The van der Waals surface area contributed by atoms with Crippen molar-refractivity contribution in [2.45, 2.75) is 33.2 Å². The summed E-state index contributed by atoms with van der Waals surface area (Å²) in [5, 5.41) is 5.34. The average molecular weight is 382 g/mol. The lowest BCUT2D eigenvalue weighted by molar-refractivity contribution is -0.147. The Morgan fingerprint density at radius 1 is 1.00 bits per heavy atom. The van der Waals surface area contributed by atoms with Gasteiger partial charge in [-0.3, -0.25) is 14.4 Å². The van der Waals surface area contributed by atoms with Crippen LogP contribution in [0.5, 0.6) is 0 Å². The van der Waals surface area contributed by atoms with E-state index in [1.807, 2.05) is 51.1 Å². The van der Waals surface area contributed by atoms with Crippen molar-refractivity contribution < 1.29 is 19.1 Å². The van der Waals surface area contributed by atoms with E-state index in [9.17, 15) is 14.4 Å². The number of ether oxygens (including phenoxy) is 1. The molecule has 0 aliphatic heterocycles. The second-order valence-electron chi connectivity index (χ2n) is 6.65. The average Bonchev–Trinajstić information content (AvgIpc) is 2.69. The van der Waals surface area contributed by atoms with Crippen LogP contribution in [0.25, 0.3) is 0 Å². The molecule has 2 N–H and O–H groups in total. The molecule has 28 heavy (non-hydrogen) atoms. The van der Waals surface area contributed by atoms with Crippen molar-refractivity contribution in [3.63, 3.8) is 0 Å². The third kappa shape index (κ3) is 6.54. The van der Waals surface area contributed by atoms with Crippen LogP contribution in [0.1, 0.15) is 46.4 Å². The van der Waals surface area contributed by atoms with Gasteiger partial charge in [0.15, 0.2) is 6.61 Å². The highest BCUT2D eigenvalue weighted by molar-refractivity contribution is 5.96. The first kappa shape index (κ1) is 21.2. The predicted molar refractivity (Wildman–Crippen MR) is 107 cm³/mol. The molecule has 6 heteroatoms. The minimum Gasteiger partial charge on any atom is -0.454 e. The Bertz CT molecular complexity index is 831. The molecule has 0 spiro atoms. The maximum absolute atomic E-state index is 12.1. The zero-order chi connectivity index (χ0) is 20.5. The van der Waals surface area contributed by atoms with E-state index in [-0.39, 0.29) is 31.0 Å². The quantitative estimate of drug-likeness (QED) is 0.688.